The molecule has 2 heterocycles. The normalized spacial score (nSPS) is 10.7. The summed E-state index contributed by atoms with van der Waals surface area (Å²) in [5.74, 6) is -0.401. The number of nitrogens with zero attached hydrogens (tertiary/aromatic N) is 3. The molecule has 0 radical (unpaired) electrons. The summed E-state index contributed by atoms with van der Waals surface area (Å²) >= 11 is 0. The zero-order valence-corrected chi connectivity index (χ0v) is 7.80. The van der Waals surface area contributed by atoms with Gasteiger partial charge in [0.2, 0.25) is 5.91 Å². The second kappa shape index (κ2) is 3.52. The molecule has 78 valence electrons. The van der Waals surface area contributed by atoms with Crippen molar-refractivity contribution in [3.63, 3.8) is 0 Å². The maximum atomic E-state index is 11.3. The quantitative estimate of drug-likeness (QED) is 0.672. The minimum Gasteiger partial charge on any atom is -0.370 e. The van der Waals surface area contributed by atoms with E-state index in [9.17, 15) is 9.59 Å². The largest absolute Gasteiger partial charge is 0.370 e. The third-order valence-electron chi connectivity index (χ3n) is 2.01. The molecule has 0 spiro atoms. The van der Waals surface area contributed by atoms with Crippen molar-refractivity contribution in [2.45, 2.75) is 13.0 Å². The van der Waals surface area contributed by atoms with E-state index >= 15 is 0 Å². The van der Waals surface area contributed by atoms with Crippen molar-refractivity contribution in [2.75, 3.05) is 0 Å². The summed E-state index contributed by atoms with van der Waals surface area (Å²) < 4.78 is 1.62. The van der Waals surface area contributed by atoms with Crippen LogP contribution in [0.4, 0.5) is 0 Å². The molecular formula is C8H9N5O2. The average Bonchev–Trinajstić information content (AvgIpc) is 2.59. The van der Waals surface area contributed by atoms with Crippen molar-refractivity contribution in [2.24, 2.45) is 5.73 Å². The lowest BCUT2D eigenvalue weighted by molar-refractivity contribution is -0.118. The fourth-order valence-electron chi connectivity index (χ4n) is 1.29. The Balaban J connectivity index is 2.41. The highest BCUT2D eigenvalue weighted by molar-refractivity contribution is 5.74. The molecule has 2 aromatic rings. The Labute approximate surface area is 83.9 Å². The number of carbonyl (C=O) groups excluding carboxylic acids is 1. The van der Waals surface area contributed by atoms with Crippen LogP contribution in [0.1, 0.15) is 6.42 Å². The van der Waals surface area contributed by atoms with Gasteiger partial charge in [-0.3, -0.25) is 9.59 Å². The number of aromatic amines is 1. The number of H-pyrrole nitrogens is 1. The topological polar surface area (TPSA) is 107 Å². The molecule has 7 heteroatoms. The van der Waals surface area contributed by atoms with Crippen molar-refractivity contribution < 1.29 is 4.79 Å². The van der Waals surface area contributed by atoms with Gasteiger partial charge in [-0.25, -0.2) is 9.97 Å². The number of rotatable bonds is 3. The van der Waals surface area contributed by atoms with E-state index in [4.69, 9.17) is 5.73 Å². The Kier molecular flexibility index (Phi) is 2.20. The first kappa shape index (κ1) is 9.38. The SMILES string of the molecule is NC(=O)CCn1cnc2c(=O)[nH]cnc21. The minimum atomic E-state index is -0.401. The van der Waals surface area contributed by atoms with Gasteiger partial charge in [-0.05, 0) is 0 Å². The van der Waals surface area contributed by atoms with E-state index in [1.807, 2.05) is 0 Å². The van der Waals surface area contributed by atoms with E-state index in [0.29, 0.717) is 12.2 Å². The van der Waals surface area contributed by atoms with Crippen molar-refractivity contribution in [1.29, 1.82) is 0 Å². The highest BCUT2D eigenvalue weighted by Gasteiger charge is 2.07. The number of aromatic nitrogens is 4. The Hall–Kier alpha value is -2.18. The Morgan fingerprint density at radius 3 is 3.07 bits per heavy atom. The van der Waals surface area contributed by atoms with Gasteiger partial charge in [-0.15, -0.1) is 0 Å². The number of hydrogen-bond acceptors (Lipinski definition) is 4. The molecule has 2 aromatic heterocycles. The van der Waals surface area contributed by atoms with E-state index in [2.05, 4.69) is 15.0 Å². The van der Waals surface area contributed by atoms with Gasteiger partial charge in [0.25, 0.3) is 5.56 Å². The van der Waals surface area contributed by atoms with Crippen molar-refractivity contribution in [1.82, 2.24) is 19.5 Å². The van der Waals surface area contributed by atoms with Gasteiger partial charge in [-0.1, -0.05) is 0 Å². The van der Waals surface area contributed by atoms with E-state index in [-0.39, 0.29) is 17.5 Å². The van der Waals surface area contributed by atoms with Crippen LogP contribution in [-0.4, -0.2) is 25.4 Å². The maximum absolute atomic E-state index is 11.3. The van der Waals surface area contributed by atoms with Crippen LogP contribution < -0.4 is 11.3 Å². The molecule has 0 aliphatic rings. The van der Waals surface area contributed by atoms with Crippen molar-refractivity contribution in [3.05, 3.63) is 23.0 Å². The van der Waals surface area contributed by atoms with Crippen molar-refractivity contribution in [3.8, 4) is 0 Å². The minimum absolute atomic E-state index is 0.194. The Morgan fingerprint density at radius 1 is 1.53 bits per heavy atom. The lowest BCUT2D eigenvalue weighted by atomic mass is 10.4. The second-order valence-electron chi connectivity index (χ2n) is 3.06. The number of imidazole rings is 1. The fourth-order valence-corrected chi connectivity index (χ4v) is 1.29. The molecule has 0 saturated heterocycles. The van der Waals surface area contributed by atoms with Crippen molar-refractivity contribution >= 4 is 17.1 Å². The van der Waals surface area contributed by atoms with E-state index in [0.717, 1.165) is 0 Å². The van der Waals surface area contributed by atoms with Crippen LogP contribution >= 0.6 is 0 Å². The summed E-state index contributed by atoms with van der Waals surface area (Å²) in [4.78, 5) is 32.2. The average molecular weight is 207 g/mol. The van der Waals surface area contributed by atoms with Crippen LogP contribution in [0.3, 0.4) is 0 Å². The monoisotopic (exact) mass is 207 g/mol. The lowest BCUT2D eigenvalue weighted by Gasteiger charge is -1.99. The van der Waals surface area contributed by atoms with Gasteiger partial charge in [0, 0.05) is 13.0 Å². The third kappa shape index (κ3) is 1.71. The first-order chi connectivity index (χ1) is 7.18. The highest BCUT2D eigenvalue weighted by atomic mass is 16.1. The summed E-state index contributed by atoms with van der Waals surface area (Å²) in [7, 11) is 0. The van der Waals surface area contributed by atoms with Crippen LogP contribution in [-0.2, 0) is 11.3 Å². The van der Waals surface area contributed by atoms with Gasteiger partial charge >= 0.3 is 0 Å². The molecule has 0 aliphatic heterocycles. The zero-order chi connectivity index (χ0) is 10.8. The maximum Gasteiger partial charge on any atom is 0.278 e. The molecule has 0 aliphatic carbocycles. The molecule has 0 aromatic carbocycles. The number of amides is 1. The number of fused-ring (bicyclic) bond motifs is 1. The molecule has 0 saturated carbocycles. The van der Waals surface area contributed by atoms with E-state index < -0.39 is 5.91 Å². The Bertz CT molecular complexity index is 555. The first-order valence-corrected chi connectivity index (χ1v) is 4.35. The number of carbonyl (C=O) groups is 1. The standard InChI is InChI=1S/C8H9N5O2/c9-5(14)1-2-13-4-12-6-7(13)10-3-11-8(6)15/h3-4H,1-2H2,(H2,9,14)(H,10,11,15). The lowest BCUT2D eigenvalue weighted by Crippen LogP contribution is -2.14. The highest BCUT2D eigenvalue weighted by Crippen LogP contribution is 2.04. The van der Waals surface area contributed by atoms with Gasteiger partial charge in [0.1, 0.15) is 0 Å². The second-order valence-corrected chi connectivity index (χ2v) is 3.06. The van der Waals surface area contributed by atoms with Gasteiger partial charge < -0.3 is 15.3 Å². The molecule has 1 amide bonds. The van der Waals surface area contributed by atoms with Crippen LogP contribution in [0.2, 0.25) is 0 Å². The molecular weight excluding hydrogens is 198 g/mol. The van der Waals surface area contributed by atoms with E-state index in [1.54, 1.807) is 4.57 Å². The van der Waals surface area contributed by atoms with Gasteiger partial charge in [0.15, 0.2) is 11.2 Å². The predicted molar refractivity (Wildman–Crippen MR) is 52.0 cm³/mol. The Morgan fingerprint density at radius 2 is 2.33 bits per heavy atom. The summed E-state index contributed by atoms with van der Waals surface area (Å²) in [6, 6.07) is 0. The van der Waals surface area contributed by atoms with Crippen LogP contribution in [0.5, 0.6) is 0 Å². The molecule has 0 atom stereocenters. The van der Waals surface area contributed by atoms with E-state index in [1.165, 1.54) is 12.7 Å². The molecule has 15 heavy (non-hydrogen) atoms. The van der Waals surface area contributed by atoms with Crippen LogP contribution in [0, 0.1) is 0 Å². The smallest absolute Gasteiger partial charge is 0.278 e. The number of aryl methyl sites for hydroxylation is 1. The molecule has 0 unspecified atom stereocenters. The number of primary amides is 1. The summed E-state index contributed by atoms with van der Waals surface area (Å²) in [5.41, 5.74) is 5.45. The molecule has 0 bridgehead atoms. The van der Waals surface area contributed by atoms with Crippen LogP contribution in [0.25, 0.3) is 11.2 Å². The van der Waals surface area contributed by atoms with Gasteiger partial charge in [-0.2, -0.15) is 0 Å². The number of nitrogens with two attached hydrogens (primary N) is 1. The number of nitrogens with one attached hydrogen (secondary N) is 1. The molecule has 0 fully saturated rings. The van der Waals surface area contributed by atoms with Gasteiger partial charge in [0.05, 0.1) is 12.7 Å². The third-order valence-corrected chi connectivity index (χ3v) is 2.01. The van der Waals surface area contributed by atoms with Crippen LogP contribution in [0.15, 0.2) is 17.4 Å². The zero-order valence-electron chi connectivity index (χ0n) is 7.80. The summed E-state index contributed by atoms with van der Waals surface area (Å²) in [6.07, 6.45) is 2.96. The molecule has 2 rings (SSSR count). The predicted octanol–water partition coefficient (Wildman–Crippen LogP) is -1.01. The number of hydrogen-bond donors (Lipinski definition) is 2. The first-order valence-electron chi connectivity index (χ1n) is 4.35. The molecule has 7 nitrogen and oxygen atoms in total. The fraction of sp³-hybridized carbons (Fsp3) is 0.250. The molecule has 3 N–H and O–H groups in total. The summed E-state index contributed by atoms with van der Waals surface area (Å²) in [5, 5.41) is 0. The summed E-state index contributed by atoms with van der Waals surface area (Å²) in [6.45, 7) is 0.377.